The second-order valence-corrected chi connectivity index (χ2v) is 13.5. The molecule has 5 nitrogen and oxygen atoms in total. The van der Waals surface area contributed by atoms with Gasteiger partial charge in [-0.05, 0) is 80.0 Å². The molecule has 0 fully saturated rings. The fourth-order valence-corrected chi connectivity index (χ4v) is 6.35. The summed E-state index contributed by atoms with van der Waals surface area (Å²) in [6.45, 7) is 13.4. The van der Waals surface area contributed by atoms with Crippen LogP contribution in [0.2, 0.25) is 0 Å². The maximum absolute atomic E-state index is 11.7. The molecule has 1 N–H and O–H groups in total. The van der Waals surface area contributed by atoms with E-state index in [9.17, 15) is 9.90 Å². The summed E-state index contributed by atoms with van der Waals surface area (Å²) in [5, 5.41) is 12.1. The summed E-state index contributed by atoms with van der Waals surface area (Å²) in [6.07, 6.45) is 5.13. The Morgan fingerprint density at radius 1 is 1.09 bits per heavy atom. The van der Waals surface area contributed by atoms with Crippen molar-refractivity contribution in [3.63, 3.8) is 0 Å². The molecule has 5 aromatic rings. The third-order valence-electron chi connectivity index (χ3n) is 7.89. The number of hydrogen-bond donors (Lipinski definition) is 1. The minimum absolute atomic E-state index is 0. The summed E-state index contributed by atoms with van der Waals surface area (Å²) >= 11 is 1.54. The molecular weight excluding hydrogens is 757 g/mol. The van der Waals surface area contributed by atoms with E-state index < -0.39 is 18.6 Å². The van der Waals surface area contributed by atoms with Crippen LogP contribution in [0.25, 0.3) is 43.4 Å². The van der Waals surface area contributed by atoms with E-state index >= 15 is 0 Å². The minimum atomic E-state index is -2.33. The van der Waals surface area contributed by atoms with E-state index in [2.05, 4.69) is 16.0 Å². The van der Waals surface area contributed by atoms with Gasteiger partial charge in [0.05, 0.1) is 16.0 Å². The van der Waals surface area contributed by atoms with E-state index in [1.165, 1.54) is 23.5 Å². The smallest absolute Gasteiger partial charge is 0.216 e. The molecule has 45 heavy (non-hydrogen) atoms. The van der Waals surface area contributed by atoms with Crippen molar-refractivity contribution < 1.29 is 41.3 Å². The standard InChI is InChI=1S/C25H23N2OS.C13H24O2.Ir/c1-14-9-10-17-16-7-6-8-18(23(16)28-24(17)27-14)21-11-19-20(12-25(3,4)5)15(2)29-22(19)13-26-21;1-5-10(6-2)12(14)9-13(15)11(7-3)8-4;/h6-7,9-11,13H,12H2,1-5H3;9-11,14H,5-8H2,1-4H3;/q-1;;/b;12-9-;/i1D3,12D2;;. The predicted octanol–water partition coefficient (Wildman–Crippen LogP) is 11.1. The number of benzene rings is 1. The van der Waals surface area contributed by atoms with Crippen LogP contribution in [0.1, 0.15) is 97.1 Å². The van der Waals surface area contributed by atoms with Crippen molar-refractivity contribution in [3.8, 4) is 11.3 Å². The first-order chi connectivity index (χ1) is 22.9. The Morgan fingerprint density at radius 2 is 1.78 bits per heavy atom. The number of ketones is 1. The fourth-order valence-electron chi connectivity index (χ4n) is 5.38. The van der Waals surface area contributed by atoms with Gasteiger partial charge in [0.15, 0.2) is 5.78 Å². The summed E-state index contributed by atoms with van der Waals surface area (Å²) < 4.78 is 47.6. The van der Waals surface area contributed by atoms with E-state index in [4.69, 9.17) is 11.3 Å². The van der Waals surface area contributed by atoms with Gasteiger partial charge in [-0.3, -0.25) is 4.79 Å². The Kier molecular flexibility index (Phi) is 10.3. The van der Waals surface area contributed by atoms with Crippen molar-refractivity contribution in [1.29, 1.82) is 0 Å². The summed E-state index contributed by atoms with van der Waals surface area (Å²) in [5.41, 5.74) is 2.08. The largest absolute Gasteiger partial charge is 0.512 e. The molecule has 0 aliphatic carbocycles. The van der Waals surface area contributed by atoms with E-state index in [0.717, 1.165) is 51.4 Å². The van der Waals surface area contributed by atoms with Gasteiger partial charge >= 0.3 is 0 Å². The van der Waals surface area contributed by atoms with Crippen molar-refractivity contribution in [2.75, 3.05) is 0 Å². The second-order valence-electron chi connectivity index (χ2n) is 12.2. The molecule has 0 saturated heterocycles. The number of thiophene rings is 1. The van der Waals surface area contributed by atoms with E-state index in [1.807, 2.05) is 67.5 Å². The van der Waals surface area contributed by atoms with Gasteiger partial charge < -0.3 is 14.5 Å². The SMILES string of the molecule is CCC(CC)C(=O)/C=C(\O)C(CC)CC.[2H]C([2H])([2H])c1ccc2c(n1)oc1c(-c3cc4c(C([2H])([2H])C(C)(C)C)c(C)sc4cn3)[c-]ccc12.[Ir]. The molecule has 0 unspecified atom stereocenters. The minimum Gasteiger partial charge on any atom is -0.512 e. The third kappa shape index (κ3) is 8.49. The second kappa shape index (κ2) is 15.6. The van der Waals surface area contributed by atoms with Crippen molar-refractivity contribution in [1.82, 2.24) is 9.97 Å². The van der Waals surface area contributed by atoms with Crippen LogP contribution < -0.4 is 0 Å². The first-order valence-electron chi connectivity index (χ1n) is 18.0. The molecule has 7 heteroatoms. The van der Waals surface area contributed by atoms with Gasteiger partial charge in [-0.15, -0.1) is 29.5 Å². The van der Waals surface area contributed by atoms with Crippen molar-refractivity contribution in [2.24, 2.45) is 17.3 Å². The fraction of sp³-hybridized carbons (Fsp3) is 0.447. The van der Waals surface area contributed by atoms with Crippen LogP contribution >= 0.6 is 11.3 Å². The molecule has 0 amide bonds. The van der Waals surface area contributed by atoms with Crippen LogP contribution in [0.4, 0.5) is 0 Å². The number of hydrogen-bond acceptors (Lipinski definition) is 6. The van der Waals surface area contributed by atoms with Crippen molar-refractivity contribution >= 4 is 49.3 Å². The Labute approximate surface area is 292 Å². The average molecular weight is 809 g/mol. The topological polar surface area (TPSA) is 76.2 Å². The van der Waals surface area contributed by atoms with Crippen LogP contribution in [-0.4, -0.2) is 20.9 Å². The molecule has 0 bridgehead atoms. The van der Waals surface area contributed by atoms with Crippen LogP contribution in [0.3, 0.4) is 0 Å². The molecule has 0 spiro atoms. The van der Waals surface area contributed by atoms with Gasteiger partial charge in [0.2, 0.25) is 5.71 Å². The number of aryl methyl sites for hydroxylation is 2. The van der Waals surface area contributed by atoms with Gasteiger partial charge in [0.1, 0.15) is 0 Å². The monoisotopic (exact) mass is 809 g/mol. The number of carbonyl (C=O) groups excluding carboxylic acids is 1. The summed E-state index contributed by atoms with van der Waals surface area (Å²) in [5.74, 6) is 0.547. The Bertz CT molecular complexity index is 1980. The Balaban J connectivity index is 0.000000361. The quantitative estimate of drug-likeness (QED) is 0.0912. The number of aliphatic hydroxyl groups is 1. The van der Waals surface area contributed by atoms with E-state index in [1.54, 1.807) is 18.3 Å². The number of allylic oxidation sites excluding steroid dienone is 2. The molecule has 0 saturated carbocycles. The number of fused-ring (bicyclic) bond motifs is 4. The molecule has 4 heterocycles. The molecule has 5 rings (SSSR count). The molecule has 1 aromatic carbocycles. The number of carbonyl (C=O) groups is 1. The van der Waals surface area contributed by atoms with Crippen LogP contribution in [-0.2, 0) is 31.3 Å². The first-order valence-corrected chi connectivity index (χ1v) is 16.3. The number of aromatic nitrogens is 2. The van der Waals surface area contributed by atoms with E-state index in [0.29, 0.717) is 22.4 Å². The summed E-state index contributed by atoms with van der Waals surface area (Å²) in [4.78, 5) is 21.5. The Hall–Kier alpha value is -2.86. The normalized spacial score (nSPS) is 14.4. The maximum atomic E-state index is 11.7. The number of furan rings is 1. The van der Waals surface area contributed by atoms with Crippen LogP contribution in [0, 0.1) is 37.1 Å². The zero-order valence-corrected chi connectivity index (χ0v) is 30.6. The number of pyridine rings is 2. The molecule has 0 aliphatic rings. The van der Waals surface area contributed by atoms with Gasteiger partial charge in [-0.1, -0.05) is 65.5 Å². The first kappa shape index (κ1) is 29.5. The molecule has 1 radical (unpaired) electrons. The predicted molar refractivity (Wildman–Crippen MR) is 185 cm³/mol. The molecular formula is C38H47IrN2O3S-. The number of nitrogens with zero attached hydrogens (tertiary/aromatic N) is 2. The zero-order chi connectivity index (χ0) is 36.5. The molecule has 0 aliphatic heterocycles. The van der Waals surface area contributed by atoms with Crippen LogP contribution in [0.5, 0.6) is 0 Å². The molecule has 0 atom stereocenters. The van der Waals surface area contributed by atoms with Gasteiger partial charge in [0.25, 0.3) is 0 Å². The average Bonchev–Trinajstić information content (AvgIpc) is 3.57. The summed E-state index contributed by atoms with van der Waals surface area (Å²) in [7, 11) is 0. The van der Waals surface area contributed by atoms with Crippen LogP contribution in [0.15, 0.2) is 52.8 Å². The van der Waals surface area contributed by atoms with Crippen molar-refractivity contribution in [2.45, 2.75) is 94.3 Å². The number of rotatable bonds is 9. The van der Waals surface area contributed by atoms with Gasteiger partial charge in [0, 0.05) is 67.0 Å². The molecule has 4 aromatic heterocycles. The molecule has 243 valence electrons. The zero-order valence-electron chi connectivity index (χ0n) is 32.4. The van der Waals surface area contributed by atoms with Gasteiger partial charge in [-0.25, -0.2) is 4.98 Å². The maximum Gasteiger partial charge on any atom is 0.216 e. The Morgan fingerprint density at radius 3 is 2.40 bits per heavy atom. The van der Waals surface area contributed by atoms with Crippen molar-refractivity contribution in [3.05, 3.63) is 70.6 Å². The van der Waals surface area contributed by atoms with E-state index in [-0.39, 0.29) is 54.9 Å². The van der Waals surface area contributed by atoms with Gasteiger partial charge in [-0.2, -0.15) is 0 Å². The summed E-state index contributed by atoms with van der Waals surface area (Å²) in [6, 6.07) is 12.0. The third-order valence-corrected chi connectivity index (χ3v) is 8.94. The number of aliphatic hydroxyl groups excluding tert-OH is 1.